The molecule has 1 fully saturated rings. The van der Waals surface area contributed by atoms with E-state index in [1.165, 1.54) is 5.56 Å². The van der Waals surface area contributed by atoms with Crippen molar-refractivity contribution in [1.82, 2.24) is 25.3 Å². The van der Waals surface area contributed by atoms with Crippen molar-refractivity contribution in [3.8, 4) is 0 Å². The Balaban J connectivity index is 1.73. The van der Waals surface area contributed by atoms with Crippen molar-refractivity contribution < 1.29 is 9.47 Å². The molecule has 8 heteroatoms. The van der Waals surface area contributed by atoms with Crippen LogP contribution in [0.3, 0.4) is 0 Å². The van der Waals surface area contributed by atoms with Crippen LogP contribution in [0.2, 0.25) is 0 Å². The Morgan fingerprint density at radius 3 is 2.96 bits per heavy atom. The molecule has 0 aromatic carbocycles. The van der Waals surface area contributed by atoms with E-state index in [0.29, 0.717) is 19.3 Å². The van der Waals surface area contributed by atoms with Crippen molar-refractivity contribution >= 4 is 5.96 Å². The average Bonchev–Trinajstić information content (AvgIpc) is 3.29. The Labute approximate surface area is 163 Å². The second-order valence-corrected chi connectivity index (χ2v) is 7.14. The molecule has 0 bridgehead atoms. The first-order valence-corrected chi connectivity index (χ1v) is 9.96. The van der Waals surface area contributed by atoms with Gasteiger partial charge in [-0.2, -0.15) is 5.10 Å². The van der Waals surface area contributed by atoms with Crippen LogP contribution >= 0.6 is 0 Å². The fourth-order valence-corrected chi connectivity index (χ4v) is 3.07. The Hall–Kier alpha value is -1.64. The van der Waals surface area contributed by atoms with Crippen molar-refractivity contribution in [3.05, 3.63) is 18.0 Å². The van der Waals surface area contributed by atoms with Gasteiger partial charge in [0.05, 0.1) is 31.5 Å². The van der Waals surface area contributed by atoms with Crippen LogP contribution in [0.5, 0.6) is 0 Å². The monoisotopic (exact) mass is 380 g/mol. The average molecular weight is 381 g/mol. The zero-order valence-corrected chi connectivity index (χ0v) is 17.3. The molecule has 2 atom stereocenters. The first-order valence-electron chi connectivity index (χ1n) is 9.96. The summed E-state index contributed by atoms with van der Waals surface area (Å²) in [5.41, 5.74) is 1.17. The molecule has 0 saturated carbocycles. The highest BCUT2D eigenvalue weighted by atomic mass is 16.5. The SMILES string of the molecule is CCNC(=NCC(c1cnn(C)c1)N(C)C)NCCCOCC1CCCO1. The van der Waals surface area contributed by atoms with Gasteiger partial charge < -0.3 is 25.0 Å². The normalized spacial score (nSPS) is 18.9. The molecular weight excluding hydrogens is 344 g/mol. The van der Waals surface area contributed by atoms with Gasteiger partial charge in [-0.25, -0.2) is 0 Å². The summed E-state index contributed by atoms with van der Waals surface area (Å²) in [5, 5.41) is 11.0. The summed E-state index contributed by atoms with van der Waals surface area (Å²) in [7, 11) is 6.07. The highest BCUT2D eigenvalue weighted by molar-refractivity contribution is 5.79. The minimum absolute atomic E-state index is 0.198. The largest absolute Gasteiger partial charge is 0.379 e. The summed E-state index contributed by atoms with van der Waals surface area (Å²) in [6, 6.07) is 0.198. The summed E-state index contributed by atoms with van der Waals surface area (Å²) >= 11 is 0. The van der Waals surface area contributed by atoms with Crippen LogP contribution in [0.1, 0.15) is 37.8 Å². The summed E-state index contributed by atoms with van der Waals surface area (Å²) in [6.07, 6.45) is 7.48. The zero-order chi connectivity index (χ0) is 19.5. The number of aryl methyl sites for hydroxylation is 1. The Bertz CT molecular complexity index is 554. The Morgan fingerprint density at radius 2 is 2.33 bits per heavy atom. The first kappa shape index (κ1) is 21.7. The van der Waals surface area contributed by atoms with Gasteiger partial charge in [0.2, 0.25) is 0 Å². The predicted octanol–water partition coefficient (Wildman–Crippen LogP) is 1.16. The summed E-state index contributed by atoms with van der Waals surface area (Å²) < 4.78 is 13.1. The number of nitrogens with one attached hydrogen (secondary N) is 2. The van der Waals surface area contributed by atoms with E-state index in [1.54, 1.807) is 0 Å². The van der Waals surface area contributed by atoms with Crippen LogP contribution in [0, 0.1) is 0 Å². The smallest absolute Gasteiger partial charge is 0.191 e. The molecule has 8 nitrogen and oxygen atoms in total. The van der Waals surface area contributed by atoms with Crippen molar-refractivity contribution in [1.29, 1.82) is 0 Å². The summed E-state index contributed by atoms with van der Waals surface area (Å²) in [5.74, 6) is 0.840. The molecule has 2 unspecified atom stereocenters. The topological polar surface area (TPSA) is 75.9 Å². The van der Waals surface area contributed by atoms with Crippen molar-refractivity contribution in [2.75, 3.05) is 53.6 Å². The van der Waals surface area contributed by atoms with Gasteiger partial charge in [0.25, 0.3) is 0 Å². The lowest BCUT2D eigenvalue weighted by Crippen LogP contribution is -2.38. The van der Waals surface area contributed by atoms with E-state index >= 15 is 0 Å². The van der Waals surface area contributed by atoms with Gasteiger partial charge in [-0.15, -0.1) is 0 Å². The Kier molecular flexibility index (Phi) is 9.58. The van der Waals surface area contributed by atoms with E-state index in [1.807, 2.05) is 24.1 Å². The molecule has 2 rings (SSSR count). The number of ether oxygens (including phenoxy) is 2. The molecule has 2 heterocycles. The third-order valence-corrected chi connectivity index (χ3v) is 4.59. The number of hydrogen-bond donors (Lipinski definition) is 2. The zero-order valence-electron chi connectivity index (χ0n) is 17.3. The van der Waals surface area contributed by atoms with Crippen LogP contribution in [-0.4, -0.2) is 80.3 Å². The highest BCUT2D eigenvalue weighted by Gasteiger charge is 2.16. The van der Waals surface area contributed by atoms with E-state index in [9.17, 15) is 0 Å². The molecule has 0 spiro atoms. The molecule has 0 amide bonds. The number of aliphatic imine (C=N–C) groups is 1. The standard InChI is InChI=1S/C19H36N6O2/c1-5-20-19(21-9-7-10-26-15-17-8-6-11-27-17)22-13-18(24(2)3)16-12-23-25(4)14-16/h12,14,17-18H,5-11,13,15H2,1-4H3,(H2,20,21,22). The van der Waals surface area contributed by atoms with Gasteiger partial charge in [0.15, 0.2) is 5.96 Å². The minimum Gasteiger partial charge on any atom is -0.379 e. The van der Waals surface area contributed by atoms with Crippen molar-refractivity contribution in [2.24, 2.45) is 12.0 Å². The maximum Gasteiger partial charge on any atom is 0.191 e. The molecule has 1 aromatic rings. The van der Waals surface area contributed by atoms with Crippen LogP contribution in [-0.2, 0) is 16.5 Å². The lowest BCUT2D eigenvalue weighted by molar-refractivity contribution is 0.0168. The second kappa shape index (κ2) is 11.9. The third kappa shape index (κ3) is 7.86. The molecule has 2 N–H and O–H groups in total. The fraction of sp³-hybridized carbons (Fsp3) is 0.789. The maximum absolute atomic E-state index is 5.71. The molecule has 1 aliphatic rings. The lowest BCUT2D eigenvalue weighted by atomic mass is 10.1. The van der Waals surface area contributed by atoms with Gasteiger partial charge in [0.1, 0.15) is 0 Å². The van der Waals surface area contributed by atoms with E-state index in [4.69, 9.17) is 14.5 Å². The van der Waals surface area contributed by atoms with Gasteiger partial charge in [-0.1, -0.05) is 0 Å². The maximum atomic E-state index is 5.71. The molecule has 1 aliphatic heterocycles. The summed E-state index contributed by atoms with van der Waals surface area (Å²) in [6.45, 7) is 6.74. The number of likely N-dealkylation sites (N-methyl/N-ethyl adjacent to an activating group) is 1. The van der Waals surface area contributed by atoms with Crippen LogP contribution in [0.25, 0.3) is 0 Å². The second-order valence-electron chi connectivity index (χ2n) is 7.14. The van der Waals surface area contributed by atoms with Crippen LogP contribution in [0.15, 0.2) is 17.4 Å². The number of aromatic nitrogens is 2. The van der Waals surface area contributed by atoms with E-state index in [2.05, 4.69) is 41.7 Å². The van der Waals surface area contributed by atoms with Gasteiger partial charge >= 0.3 is 0 Å². The number of hydrogen-bond acceptors (Lipinski definition) is 5. The van der Waals surface area contributed by atoms with Crippen molar-refractivity contribution in [2.45, 2.75) is 38.3 Å². The summed E-state index contributed by atoms with van der Waals surface area (Å²) in [4.78, 5) is 6.93. The third-order valence-electron chi connectivity index (χ3n) is 4.59. The van der Waals surface area contributed by atoms with E-state index in [-0.39, 0.29) is 6.04 Å². The first-order chi connectivity index (χ1) is 13.1. The molecule has 1 aromatic heterocycles. The number of nitrogens with zero attached hydrogens (tertiary/aromatic N) is 4. The quantitative estimate of drug-likeness (QED) is 0.341. The molecule has 27 heavy (non-hydrogen) atoms. The van der Waals surface area contributed by atoms with Gasteiger partial charge in [0, 0.05) is 45.1 Å². The van der Waals surface area contributed by atoms with Crippen LogP contribution < -0.4 is 10.6 Å². The fourth-order valence-electron chi connectivity index (χ4n) is 3.07. The molecule has 0 radical (unpaired) electrons. The molecule has 0 aliphatic carbocycles. The van der Waals surface area contributed by atoms with Crippen LogP contribution in [0.4, 0.5) is 0 Å². The van der Waals surface area contributed by atoms with Gasteiger partial charge in [-0.3, -0.25) is 9.67 Å². The van der Waals surface area contributed by atoms with Crippen molar-refractivity contribution in [3.63, 3.8) is 0 Å². The van der Waals surface area contributed by atoms with Gasteiger partial charge in [-0.05, 0) is 40.3 Å². The predicted molar refractivity (Wildman–Crippen MR) is 108 cm³/mol. The lowest BCUT2D eigenvalue weighted by Gasteiger charge is -2.22. The molecular formula is C19H36N6O2. The molecule has 1 saturated heterocycles. The van der Waals surface area contributed by atoms with E-state index in [0.717, 1.165) is 51.5 Å². The number of rotatable bonds is 11. The Morgan fingerprint density at radius 1 is 1.48 bits per heavy atom. The molecule has 154 valence electrons. The number of guanidine groups is 1. The highest BCUT2D eigenvalue weighted by Crippen LogP contribution is 2.17. The minimum atomic E-state index is 0.198. The van der Waals surface area contributed by atoms with E-state index < -0.39 is 0 Å².